The summed E-state index contributed by atoms with van der Waals surface area (Å²) in [4.78, 5) is 1.91. The van der Waals surface area contributed by atoms with E-state index in [0.717, 1.165) is 55.0 Å². The summed E-state index contributed by atoms with van der Waals surface area (Å²) in [6, 6.07) is 11.8. The highest BCUT2D eigenvalue weighted by atomic mass is 32.1. The van der Waals surface area contributed by atoms with Crippen LogP contribution in [0.5, 0.6) is 23.0 Å². The number of hydrogen-bond donors (Lipinski definition) is 0. The van der Waals surface area contributed by atoms with E-state index in [-0.39, 0.29) is 0 Å². The van der Waals surface area contributed by atoms with E-state index in [1.165, 1.54) is 0 Å². The van der Waals surface area contributed by atoms with Crippen molar-refractivity contribution in [2.24, 2.45) is 0 Å². The molecular weight excluding hydrogens is 704 g/mol. The largest absolute Gasteiger partial charge is 0.493 e. The van der Waals surface area contributed by atoms with E-state index in [9.17, 15) is 0 Å². The number of methoxy groups -OCH3 is 2. The first-order valence-corrected chi connectivity index (χ1v) is 19.3. The average Bonchev–Trinajstić information content (AvgIpc) is 3.50. The zero-order chi connectivity index (χ0) is 37.9. The van der Waals surface area contributed by atoms with Crippen molar-refractivity contribution >= 4 is 11.3 Å². The fourth-order valence-corrected chi connectivity index (χ4v) is 6.72. The van der Waals surface area contributed by atoms with Crippen molar-refractivity contribution in [2.45, 2.75) is 40.9 Å². The minimum Gasteiger partial charge on any atom is -0.493 e. The van der Waals surface area contributed by atoms with Crippen LogP contribution in [0.2, 0.25) is 0 Å². The molecule has 0 aliphatic rings. The normalized spacial score (nSPS) is 11.3. The lowest BCUT2D eigenvalue weighted by atomic mass is 10.00. The molecule has 298 valence electrons. The predicted octanol–water partition coefficient (Wildman–Crippen LogP) is 7.07. The summed E-state index contributed by atoms with van der Waals surface area (Å²) in [5.74, 6) is 2.89. The van der Waals surface area contributed by atoms with Gasteiger partial charge in [0.05, 0.1) is 130 Å². The van der Waals surface area contributed by atoms with Gasteiger partial charge in [-0.25, -0.2) is 0 Å². The summed E-state index contributed by atoms with van der Waals surface area (Å²) in [5, 5.41) is 0. The molecule has 0 amide bonds. The zero-order valence-electron chi connectivity index (χ0n) is 32.5. The highest BCUT2D eigenvalue weighted by Crippen LogP contribution is 2.52. The van der Waals surface area contributed by atoms with Crippen LogP contribution < -0.4 is 18.9 Å². The van der Waals surface area contributed by atoms with Gasteiger partial charge < -0.3 is 56.8 Å². The van der Waals surface area contributed by atoms with E-state index in [0.29, 0.717) is 119 Å². The Labute approximate surface area is 319 Å². The highest BCUT2D eigenvalue weighted by Gasteiger charge is 2.28. The summed E-state index contributed by atoms with van der Waals surface area (Å²) >= 11 is 1.62. The fraction of sp³-hybridized carbons (Fsp3) is 0.600. The van der Waals surface area contributed by atoms with Gasteiger partial charge in [0.1, 0.15) is 23.0 Å². The molecule has 0 unspecified atom stereocenters. The van der Waals surface area contributed by atoms with Crippen LogP contribution in [-0.4, -0.2) is 120 Å². The lowest BCUT2D eigenvalue weighted by molar-refractivity contribution is -0.00150. The molecule has 3 rings (SSSR count). The molecule has 53 heavy (non-hydrogen) atoms. The van der Waals surface area contributed by atoms with E-state index in [1.54, 1.807) is 25.6 Å². The minimum absolute atomic E-state index is 0.292. The van der Waals surface area contributed by atoms with Crippen LogP contribution in [0.1, 0.15) is 38.8 Å². The first-order valence-electron chi connectivity index (χ1n) is 18.5. The molecule has 0 atom stereocenters. The van der Waals surface area contributed by atoms with E-state index >= 15 is 0 Å². The van der Waals surface area contributed by atoms with Crippen molar-refractivity contribution in [1.82, 2.24) is 0 Å². The monoisotopic (exact) mass is 764 g/mol. The maximum Gasteiger partial charge on any atom is 0.131 e. The Hall–Kier alpha value is -2.98. The number of thiophene rings is 1. The standard InChI is InChI=1S/C40H60O12S/c1-7-49-33-13-11-14-34(50-8-2)37(33)39-31(29-47-27-25-45-23-21-43-19-17-41-5)32(30-48-28-26-46-24-22-44-20-18-42-6)40(53-39)38-35(51-9-3)15-12-16-36(38)52-10-4/h11-16H,7-10,17-30H2,1-6H3. The molecule has 0 radical (unpaired) electrons. The summed E-state index contributed by atoms with van der Waals surface area (Å²) in [7, 11) is 3.30. The molecule has 12 nitrogen and oxygen atoms in total. The van der Waals surface area contributed by atoms with Crippen LogP contribution in [0.25, 0.3) is 20.9 Å². The Kier molecular flexibility index (Phi) is 23.1. The lowest BCUT2D eigenvalue weighted by Gasteiger charge is -2.17. The van der Waals surface area contributed by atoms with Gasteiger partial charge in [-0.15, -0.1) is 11.3 Å². The molecule has 1 heterocycles. The van der Waals surface area contributed by atoms with E-state index in [4.69, 9.17) is 56.8 Å². The Morgan fingerprint density at radius 2 is 0.679 bits per heavy atom. The van der Waals surface area contributed by atoms with Gasteiger partial charge >= 0.3 is 0 Å². The fourth-order valence-electron chi connectivity index (χ4n) is 5.29. The van der Waals surface area contributed by atoms with E-state index in [2.05, 4.69) is 0 Å². The quantitative estimate of drug-likeness (QED) is 0.0607. The van der Waals surface area contributed by atoms with Gasteiger partial charge in [0.15, 0.2) is 0 Å². The number of benzene rings is 2. The molecular formula is C40H60O12S. The lowest BCUT2D eigenvalue weighted by Crippen LogP contribution is -2.12. The Morgan fingerprint density at radius 3 is 0.962 bits per heavy atom. The Bertz CT molecular complexity index is 1250. The smallest absolute Gasteiger partial charge is 0.131 e. The molecule has 0 aliphatic heterocycles. The molecule has 0 fully saturated rings. The maximum atomic E-state index is 6.35. The molecule has 0 bridgehead atoms. The molecule has 0 saturated carbocycles. The second-order valence-electron chi connectivity index (χ2n) is 11.2. The molecule has 0 N–H and O–H groups in total. The maximum absolute atomic E-state index is 6.35. The third-order valence-corrected chi connectivity index (χ3v) is 8.90. The van der Waals surface area contributed by atoms with Gasteiger partial charge in [-0.1, -0.05) is 12.1 Å². The van der Waals surface area contributed by atoms with Crippen molar-refractivity contribution in [3.8, 4) is 43.9 Å². The van der Waals surface area contributed by atoms with E-state index < -0.39 is 0 Å². The van der Waals surface area contributed by atoms with Crippen molar-refractivity contribution < 1.29 is 56.8 Å². The summed E-state index contributed by atoms with van der Waals surface area (Å²) in [6.45, 7) is 16.1. The molecule has 13 heteroatoms. The van der Waals surface area contributed by atoms with Gasteiger partial charge in [-0.2, -0.15) is 0 Å². The second kappa shape index (κ2) is 27.6. The van der Waals surface area contributed by atoms with Gasteiger partial charge in [-0.05, 0) is 52.0 Å². The minimum atomic E-state index is 0.292. The molecule has 0 aliphatic carbocycles. The van der Waals surface area contributed by atoms with E-state index in [1.807, 2.05) is 64.1 Å². The third kappa shape index (κ3) is 15.0. The van der Waals surface area contributed by atoms with Crippen LogP contribution in [0.4, 0.5) is 0 Å². The van der Waals surface area contributed by atoms with Gasteiger partial charge in [0.25, 0.3) is 0 Å². The second-order valence-corrected chi connectivity index (χ2v) is 12.3. The molecule has 2 aromatic carbocycles. The highest BCUT2D eigenvalue weighted by molar-refractivity contribution is 7.19. The number of ether oxygens (including phenoxy) is 12. The third-order valence-electron chi connectivity index (χ3n) is 7.59. The summed E-state index contributed by atoms with van der Waals surface area (Å²) in [5.41, 5.74) is 3.64. The Morgan fingerprint density at radius 1 is 0.396 bits per heavy atom. The molecule has 3 aromatic rings. The molecule has 0 saturated heterocycles. The average molecular weight is 765 g/mol. The van der Waals surface area contributed by atoms with Crippen molar-refractivity contribution in [1.29, 1.82) is 0 Å². The summed E-state index contributed by atoms with van der Waals surface area (Å²) in [6.07, 6.45) is 0. The van der Waals surface area contributed by atoms with Gasteiger partial charge in [0, 0.05) is 35.1 Å². The predicted molar refractivity (Wildman–Crippen MR) is 206 cm³/mol. The first kappa shape index (κ1) is 44.4. The van der Waals surface area contributed by atoms with Crippen LogP contribution in [-0.2, 0) is 51.1 Å². The van der Waals surface area contributed by atoms with Crippen LogP contribution in [0.15, 0.2) is 36.4 Å². The molecule has 0 spiro atoms. The first-order chi connectivity index (χ1) is 26.1. The van der Waals surface area contributed by atoms with Crippen molar-refractivity contribution in [3.63, 3.8) is 0 Å². The SMILES string of the molecule is CCOc1cccc(OCC)c1-c1sc(-c2c(OCC)cccc2OCC)c(COCCOCCOCCOC)c1COCCOCCOCCOC. The zero-order valence-corrected chi connectivity index (χ0v) is 33.3. The van der Waals surface area contributed by atoms with Crippen molar-refractivity contribution in [3.05, 3.63) is 47.5 Å². The Balaban J connectivity index is 2.02. The topological polar surface area (TPSA) is 111 Å². The summed E-state index contributed by atoms with van der Waals surface area (Å²) < 4.78 is 70.2. The number of hydrogen-bond acceptors (Lipinski definition) is 13. The van der Waals surface area contributed by atoms with Crippen LogP contribution in [0, 0.1) is 0 Å². The van der Waals surface area contributed by atoms with Gasteiger partial charge in [-0.3, -0.25) is 0 Å². The number of rotatable bonds is 32. The van der Waals surface area contributed by atoms with Gasteiger partial charge in [0.2, 0.25) is 0 Å². The van der Waals surface area contributed by atoms with Crippen LogP contribution in [0.3, 0.4) is 0 Å². The van der Waals surface area contributed by atoms with Crippen LogP contribution >= 0.6 is 11.3 Å². The molecule has 1 aromatic heterocycles. The van der Waals surface area contributed by atoms with Crippen molar-refractivity contribution in [2.75, 3.05) is 120 Å².